The number of likely N-dealkylation sites (tertiary alicyclic amines) is 1. The number of aryl methyl sites for hydroxylation is 1. The highest BCUT2D eigenvalue weighted by molar-refractivity contribution is 7.20. The van der Waals surface area contributed by atoms with Crippen molar-refractivity contribution in [3.05, 3.63) is 40.8 Å². The van der Waals surface area contributed by atoms with Gasteiger partial charge in [-0.15, -0.1) is 11.3 Å². The summed E-state index contributed by atoms with van der Waals surface area (Å²) in [7, 11) is 1.46. The number of hydrogen-bond acceptors (Lipinski definition) is 8. The van der Waals surface area contributed by atoms with E-state index in [4.69, 9.17) is 9.47 Å². The van der Waals surface area contributed by atoms with Crippen LogP contribution in [0.3, 0.4) is 0 Å². The fourth-order valence-corrected chi connectivity index (χ4v) is 4.63. The summed E-state index contributed by atoms with van der Waals surface area (Å²) in [6, 6.07) is 4.09. The number of ether oxygens (including phenoxy) is 2. The summed E-state index contributed by atoms with van der Waals surface area (Å²) >= 11 is 1.07. The van der Waals surface area contributed by atoms with Crippen LogP contribution in [0.2, 0.25) is 0 Å². The zero-order valence-electron chi connectivity index (χ0n) is 17.4. The second-order valence-corrected chi connectivity index (χ2v) is 8.33. The maximum atomic E-state index is 14.0. The van der Waals surface area contributed by atoms with Gasteiger partial charge in [0.1, 0.15) is 46.1 Å². The molecular weight excluding hydrogens is 439 g/mol. The van der Waals surface area contributed by atoms with Crippen LogP contribution in [-0.2, 0) is 9.53 Å². The molecule has 32 heavy (non-hydrogen) atoms. The van der Waals surface area contributed by atoms with Crippen molar-refractivity contribution in [1.29, 1.82) is 0 Å². The maximum Gasteiger partial charge on any atom is 0.346 e. The van der Waals surface area contributed by atoms with Crippen LogP contribution in [0, 0.1) is 12.7 Å². The predicted molar refractivity (Wildman–Crippen MR) is 116 cm³/mol. The quantitative estimate of drug-likeness (QED) is 0.553. The first-order chi connectivity index (χ1) is 15.4. The number of carbonyl (C=O) groups excluding carboxylic acids is 1. The normalized spacial score (nSPS) is 15.8. The van der Waals surface area contributed by atoms with Crippen molar-refractivity contribution in [2.24, 2.45) is 0 Å². The Morgan fingerprint density at radius 3 is 2.94 bits per heavy atom. The zero-order valence-corrected chi connectivity index (χ0v) is 18.2. The molecule has 0 radical (unpaired) electrons. The van der Waals surface area contributed by atoms with Gasteiger partial charge in [-0.1, -0.05) is 0 Å². The molecule has 4 rings (SSSR count). The minimum absolute atomic E-state index is 0.00151. The first-order valence-corrected chi connectivity index (χ1v) is 10.7. The largest absolute Gasteiger partial charge is 0.486 e. The molecule has 1 aromatic carbocycles. The van der Waals surface area contributed by atoms with Crippen LogP contribution in [-0.4, -0.2) is 64.8 Å². The molecule has 1 atom stereocenters. The number of rotatable bonds is 7. The number of aromatic carboxylic acids is 1. The van der Waals surface area contributed by atoms with E-state index >= 15 is 0 Å². The van der Waals surface area contributed by atoms with Crippen LogP contribution in [0.15, 0.2) is 24.5 Å². The number of thiophene rings is 1. The van der Waals surface area contributed by atoms with Crippen molar-refractivity contribution >= 4 is 44.9 Å². The third-order valence-corrected chi connectivity index (χ3v) is 6.36. The second kappa shape index (κ2) is 9.05. The van der Waals surface area contributed by atoms with E-state index < -0.39 is 11.8 Å². The van der Waals surface area contributed by atoms with Crippen molar-refractivity contribution in [3.8, 4) is 5.75 Å². The zero-order chi connectivity index (χ0) is 22.8. The molecule has 0 saturated carbocycles. The van der Waals surface area contributed by atoms with E-state index in [-0.39, 0.29) is 29.2 Å². The molecule has 9 nitrogen and oxygen atoms in total. The number of hydrogen-bond donors (Lipinski definition) is 2. The van der Waals surface area contributed by atoms with Gasteiger partial charge in [0.2, 0.25) is 5.91 Å². The van der Waals surface area contributed by atoms with Gasteiger partial charge < -0.3 is 24.8 Å². The van der Waals surface area contributed by atoms with Gasteiger partial charge >= 0.3 is 5.97 Å². The van der Waals surface area contributed by atoms with Gasteiger partial charge in [0.05, 0.1) is 17.6 Å². The smallest absolute Gasteiger partial charge is 0.346 e. The van der Waals surface area contributed by atoms with Gasteiger partial charge in [0, 0.05) is 26.1 Å². The van der Waals surface area contributed by atoms with Crippen LogP contribution in [0.4, 0.5) is 15.9 Å². The lowest BCUT2D eigenvalue weighted by atomic mass is 10.2. The Labute approximate surface area is 186 Å². The first-order valence-electron chi connectivity index (χ1n) is 9.84. The van der Waals surface area contributed by atoms with Crippen molar-refractivity contribution in [2.45, 2.75) is 19.4 Å². The Morgan fingerprint density at radius 2 is 2.19 bits per heavy atom. The molecule has 1 aliphatic heterocycles. The number of carboxylic acids is 1. The number of nitrogens with zero attached hydrogens (tertiary/aromatic N) is 3. The van der Waals surface area contributed by atoms with Crippen LogP contribution in [0.1, 0.15) is 21.7 Å². The van der Waals surface area contributed by atoms with Crippen LogP contribution < -0.4 is 10.1 Å². The molecular formula is C21H21FN4O5S. The van der Waals surface area contributed by atoms with E-state index in [0.717, 1.165) is 11.3 Å². The van der Waals surface area contributed by atoms with E-state index in [0.29, 0.717) is 46.8 Å². The molecule has 3 aromatic rings. The number of aromatic nitrogens is 2. The molecule has 11 heteroatoms. The van der Waals surface area contributed by atoms with Crippen LogP contribution in [0.5, 0.6) is 5.75 Å². The highest BCUT2D eigenvalue weighted by atomic mass is 32.1. The lowest BCUT2D eigenvalue weighted by Gasteiger charge is -2.19. The highest BCUT2D eigenvalue weighted by Gasteiger charge is 2.28. The molecule has 1 fully saturated rings. The number of carbonyl (C=O) groups is 2. The fourth-order valence-electron chi connectivity index (χ4n) is 3.64. The van der Waals surface area contributed by atoms with E-state index in [1.54, 1.807) is 11.8 Å². The lowest BCUT2D eigenvalue weighted by molar-refractivity contribution is -0.134. The molecule has 1 saturated heterocycles. The standard InChI is InChI=1S/C21H21FN4O5S/c1-11-17-19(23-10-24-20(17)32-18(11)21(28)29)25-14-4-3-12(22)7-15(14)31-13-5-6-26(8-13)16(27)9-30-2/h3-4,7,10,13H,5-6,8-9H2,1-2H3,(H,28,29)(H,23,24,25). The van der Waals surface area contributed by atoms with Gasteiger partial charge in [0.25, 0.3) is 0 Å². The Hall–Kier alpha value is -3.31. The highest BCUT2D eigenvalue weighted by Crippen LogP contribution is 2.37. The Bertz CT molecular complexity index is 1180. The summed E-state index contributed by atoms with van der Waals surface area (Å²) < 4.78 is 24.9. The molecule has 1 unspecified atom stereocenters. The van der Waals surface area contributed by atoms with Gasteiger partial charge in [0.15, 0.2) is 0 Å². The number of anilines is 2. The minimum atomic E-state index is -1.03. The van der Waals surface area contributed by atoms with E-state index in [1.165, 1.54) is 31.6 Å². The molecule has 2 N–H and O–H groups in total. The number of nitrogens with one attached hydrogen (secondary N) is 1. The molecule has 0 spiro atoms. The molecule has 0 bridgehead atoms. The molecule has 2 aromatic heterocycles. The van der Waals surface area contributed by atoms with E-state index in [2.05, 4.69) is 15.3 Å². The molecule has 1 amide bonds. The Balaban J connectivity index is 1.60. The molecule has 1 aliphatic rings. The number of methoxy groups -OCH3 is 1. The molecule has 3 heterocycles. The third-order valence-electron chi connectivity index (χ3n) is 5.18. The van der Waals surface area contributed by atoms with Gasteiger partial charge in [-0.25, -0.2) is 19.2 Å². The molecule has 0 aliphatic carbocycles. The minimum Gasteiger partial charge on any atom is -0.486 e. The topological polar surface area (TPSA) is 114 Å². The van der Waals surface area contributed by atoms with Crippen LogP contribution >= 0.6 is 11.3 Å². The summed E-state index contributed by atoms with van der Waals surface area (Å²) in [6.07, 6.45) is 1.64. The average Bonchev–Trinajstić information content (AvgIpc) is 3.35. The summed E-state index contributed by atoms with van der Waals surface area (Å²) in [6.45, 7) is 2.61. The fraction of sp³-hybridized carbons (Fsp3) is 0.333. The van der Waals surface area contributed by atoms with E-state index in [1.807, 2.05) is 0 Å². The van der Waals surface area contributed by atoms with Gasteiger partial charge in [-0.3, -0.25) is 4.79 Å². The summed E-state index contributed by atoms with van der Waals surface area (Å²) in [5.41, 5.74) is 1.02. The van der Waals surface area contributed by atoms with Crippen molar-refractivity contribution in [2.75, 3.05) is 32.1 Å². The monoisotopic (exact) mass is 460 g/mol. The predicted octanol–water partition coefficient (Wildman–Crippen LogP) is 3.21. The first kappa shape index (κ1) is 21.9. The summed E-state index contributed by atoms with van der Waals surface area (Å²) in [5.74, 6) is -0.952. The second-order valence-electron chi connectivity index (χ2n) is 7.33. The molecule has 168 valence electrons. The Kier molecular flexibility index (Phi) is 6.19. The lowest BCUT2D eigenvalue weighted by Crippen LogP contribution is -2.33. The van der Waals surface area contributed by atoms with E-state index in [9.17, 15) is 19.1 Å². The maximum absolute atomic E-state index is 14.0. The number of benzene rings is 1. The Morgan fingerprint density at radius 1 is 1.38 bits per heavy atom. The van der Waals surface area contributed by atoms with Gasteiger partial charge in [-0.05, 0) is 24.6 Å². The summed E-state index contributed by atoms with van der Waals surface area (Å²) in [5, 5.41) is 13.1. The van der Waals surface area contributed by atoms with Crippen LogP contribution in [0.25, 0.3) is 10.2 Å². The number of halogens is 1. The average molecular weight is 460 g/mol. The van der Waals surface area contributed by atoms with Crippen molar-refractivity contribution in [3.63, 3.8) is 0 Å². The number of amides is 1. The third kappa shape index (κ3) is 4.34. The number of fused-ring (bicyclic) bond motifs is 1. The van der Waals surface area contributed by atoms with Gasteiger partial charge in [-0.2, -0.15) is 0 Å². The van der Waals surface area contributed by atoms with Crippen molar-refractivity contribution in [1.82, 2.24) is 14.9 Å². The van der Waals surface area contributed by atoms with Crippen molar-refractivity contribution < 1.29 is 28.6 Å². The SMILES string of the molecule is COCC(=O)N1CCC(Oc2cc(F)ccc2Nc2ncnc3sc(C(=O)O)c(C)c23)C1. The number of carboxylic acid groups (broad SMARTS) is 1. The summed E-state index contributed by atoms with van der Waals surface area (Å²) in [4.78, 5) is 34.3.